The van der Waals surface area contributed by atoms with Crippen molar-refractivity contribution in [2.24, 2.45) is 0 Å². The van der Waals surface area contributed by atoms with Crippen LogP contribution in [0.2, 0.25) is 0 Å². The number of nitrogens with zero attached hydrogens (tertiary/aromatic N) is 2. The predicted octanol–water partition coefficient (Wildman–Crippen LogP) is 6.45. The van der Waals surface area contributed by atoms with Crippen LogP contribution in [0.1, 0.15) is 11.1 Å². The Hall–Kier alpha value is -1.54. The minimum absolute atomic E-state index is 0. The van der Waals surface area contributed by atoms with E-state index in [1.165, 1.54) is 32.7 Å². The SMILES string of the molecule is C[N-]C.C[N-]C.[Zr+4].c1ccc2[cH-]c(CCc3cc4ccccc4[cH-]3)cc2c1. The number of hydrogen-bond donors (Lipinski definition) is 0. The van der Waals surface area contributed by atoms with Crippen LogP contribution >= 0.6 is 0 Å². The summed E-state index contributed by atoms with van der Waals surface area (Å²) < 4.78 is 0. The molecule has 4 aromatic carbocycles. The van der Waals surface area contributed by atoms with Gasteiger partial charge in [-0.3, -0.25) is 0 Å². The van der Waals surface area contributed by atoms with E-state index >= 15 is 0 Å². The Morgan fingerprint density at radius 3 is 1.30 bits per heavy atom. The molecule has 0 N–H and O–H groups in total. The van der Waals surface area contributed by atoms with Gasteiger partial charge in [-0.2, -0.15) is 40.3 Å². The van der Waals surface area contributed by atoms with Crippen molar-refractivity contribution in [3.05, 3.63) is 94.6 Å². The molecule has 0 saturated heterocycles. The van der Waals surface area contributed by atoms with Gasteiger partial charge >= 0.3 is 26.2 Å². The number of rotatable bonds is 3. The zero-order valence-electron chi connectivity index (χ0n) is 16.7. The molecule has 138 valence electrons. The molecule has 0 aromatic heterocycles. The van der Waals surface area contributed by atoms with Crippen molar-refractivity contribution in [1.29, 1.82) is 0 Å². The van der Waals surface area contributed by atoms with Crippen LogP contribution in [0.25, 0.3) is 32.2 Å². The maximum Gasteiger partial charge on any atom is 4.00 e. The Balaban J connectivity index is 0.000000466. The molecule has 27 heavy (non-hydrogen) atoms. The van der Waals surface area contributed by atoms with E-state index in [1.807, 2.05) is 0 Å². The third kappa shape index (κ3) is 7.18. The van der Waals surface area contributed by atoms with Gasteiger partial charge < -0.3 is 10.6 Å². The van der Waals surface area contributed by atoms with Crippen LogP contribution in [0.5, 0.6) is 0 Å². The Bertz CT molecular complexity index is 763. The molecule has 4 aromatic rings. The average molecular weight is 436 g/mol. The molecule has 0 heterocycles. The largest absolute Gasteiger partial charge is 4.00 e. The van der Waals surface area contributed by atoms with Gasteiger partial charge in [0.1, 0.15) is 0 Å². The number of benzene rings is 2. The van der Waals surface area contributed by atoms with Gasteiger partial charge in [-0.25, -0.2) is 0 Å². The van der Waals surface area contributed by atoms with Gasteiger partial charge in [0.05, 0.1) is 0 Å². The maximum atomic E-state index is 3.50. The second kappa shape index (κ2) is 12.8. The average Bonchev–Trinajstić information content (AvgIpc) is 3.24. The summed E-state index contributed by atoms with van der Waals surface area (Å²) >= 11 is 0. The van der Waals surface area contributed by atoms with Gasteiger partial charge in [-0.05, 0) is 12.8 Å². The molecule has 0 saturated carbocycles. The predicted molar refractivity (Wildman–Crippen MR) is 117 cm³/mol. The van der Waals surface area contributed by atoms with Crippen molar-refractivity contribution < 1.29 is 26.2 Å². The van der Waals surface area contributed by atoms with Crippen LogP contribution in [0.15, 0.2) is 72.8 Å². The van der Waals surface area contributed by atoms with Crippen molar-refractivity contribution in [2.75, 3.05) is 28.2 Å². The minimum atomic E-state index is 0. The van der Waals surface area contributed by atoms with Gasteiger partial charge in [0.25, 0.3) is 0 Å². The van der Waals surface area contributed by atoms with Gasteiger partial charge in [0, 0.05) is 0 Å². The van der Waals surface area contributed by atoms with E-state index < -0.39 is 0 Å². The van der Waals surface area contributed by atoms with Crippen molar-refractivity contribution in [2.45, 2.75) is 12.8 Å². The third-order valence-electron chi connectivity index (χ3n) is 4.06. The van der Waals surface area contributed by atoms with Crippen LogP contribution in [0.3, 0.4) is 0 Å². The fourth-order valence-corrected chi connectivity index (χ4v) is 3.01. The monoisotopic (exact) mass is 434 g/mol. The second-order valence-electron chi connectivity index (χ2n) is 6.38. The fraction of sp³-hybridized carbons (Fsp3) is 0.250. The zero-order valence-corrected chi connectivity index (χ0v) is 19.2. The molecule has 0 fully saturated rings. The molecule has 0 amide bonds. The van der Waals surface area contributed by atoms with Crippen LogP contribution in [0, 0.1) is 0 Å². The molecule has 0 unspecified atom stereocenters. The number of fused-ring (bicyclic) bond motifs is 2. The van der Waals surface area contributed by atoms with Gasteiger partial charge in [0.15, 0.2) is 0 Å². The molecule has 3 heteroatoms. The van der Waals surface area contributed by atoms with E-state index in [4.69, 9.17) is 0 Å². The Morgan fingerprint density at radius 2 is 0.963 bits per heavy atom. The first kappa shape index (κ1) is 23.5. The Morgan fingerprint density at radius 1 is 0.630 bits per heavy atom. The normalized spacial score (nSPS) is 9.78. The van der Waals surface area contributed by atoms with Crippen molar-refractivity contribution in [3.63, 3.8) is 0 Å². The molecule has 0 radical (unpaired) electrons. The Labute approximate surface area is 182 Å². The van der Waals surface area contributed by atoms with Crippen molar-refractivity contribution in [1.82, 2.24) is 0 Å². The molecule has 0 atom stereocenters. The summed E-state index contributed by atoms with van der Waals surface area (Å²) in [4.78, 5) is 0. The van der Waals surface area contributed by atoms with E-state index in [0.717, 1.165) is 12.8 Å². The second-order valence-corrected chi connectivity index (χ2v) is 6.38. The first-order valence-electron chi connectivity index (χ1n) is 8.96. The number of aryl methyl sites for hydroxylation is 2. The van der Waals surface area contributed by atoms with Crippen LogP contribution < -0.4 is 0 Å². The first-order valence-corrected chi connectivity index (χ1v) is 8.96. The first-order chi connectivity index (χ1) is 12.7. The van der Waals surface area contributed by atoms with Crippen molar-refractivity contribution in [3.8, 4) is 0 Å². The topological polar surface area (TPSA) is 28.2 Å². The number of hydrogen-bond acceptors (Lipinski definition) is 0. The van der Waals surface area contributed by atoms with Crippen LogP contribution in [-0.2, 0) is 39.0 Å². The van der Waals surface area contributed by atoms with E-state index in [9.17, 15) is 0 Å². The van der Waals surface area contributed by atoms with Gasteiger partial charge in [0.2, 0.25) is 0 Å². The molecular formula is C24H28N2Zr. The van der Waals surface area contributed by atoms with Crippen molar-refractivity contribution >= 4 is 21.5 Å². The molecule has 0 aliphatic carbocycles. The molecule has 4 rings (SSSR count). The minimum Gasteiger partial charge on any atom is -0.668 e. The fourth-order valence-electron chi connectivity index (χ4n) is 3.01. The van der Waals surface area contributed by atoms with E-state index in [-0.39, 0.29) is 26.2 Å². The summed E-state index contributed by atoms with van der Waals surface area (Å²) in [6, 6.07) is 26.5. The molecule has 0 spiro atoms. The van der Waals surface area contributed by atoms with E-state index in [0.29, 0.717) is 0 Å². The van der Waals surface area contributed by atoms with Crippen LogP contribution in [0.4, 0.5) is 0 Å². The van der Waals surface area contributed by atoms with Gasteiger partial charge in [-0.15, -0.1) is 81.2 Å². The maximum absolute atomic E-state index is 3.50. The van der Waals surface area contributed by atoms with Crippen LogP contribution in [-0.4, -0.2) is 28.2 Å². The third-order valence-corrected chi connectivity index (χ3v) is 4.06. The summed E-state index contributed by atoms with van der Waals surface area (Å²) in [5.41, 5.74) is 2.88. The smallest absolute Gasteiger partial charge is 0.668 e. The summed E-state index contributed by atoms with van der Waals surface area (Å²) in [6.45, 7) is 0. The van der Waals surface area contributed by atoms with E-state index in [2.05, 4.69) is 83.4 Å². The molecule has 0 aliphatic rings. The standard InChI is InChI=1S/C20H16.2C2H6N.Zr/c1-2-6-18-12-15(11-17(18)5-1)9-10-16-13-19-7-3-4-8-20(19)14-16;2*1-3-2;/h1-8,11-14H,9-10H2;2*1-2H3;/q-2;2*-1;+4. The summed E-state index contributed by atoms with van der Waals surface area (Å²) in [5.74, 6) is 0. The summed E-state index contributed by atoms with van der Waals surface area (Å²) in [5, 5.41) is 12.4. The summed E-state index contributed by atoms with van der Waals surface area (Å²) in [7, 11) is 7.00. The van der Waals surface area contributed by atoms with E-state index in [1.54, 1.807) is 28.2 Å². The van der Waals surface area contributed by atoms with Gasteiger partial charge in [-0.1, -0.05) is 12.1 Å². The molecule has 2 nitrogen and oxygen atoms in total. The Kier molecular flexibility index (Phi) is 11.1. The molecule has 0 aliphatic heterocycles. The summed E-state index contributed by atoms with van der Waals surface area (Å²) in [6.07, 6.45) is 2.23. The zero-order chi connectivity index (χ0) is 18.8. The molecule has 0 bridgehead atoms. The molecular weight excluding hydrogens is 408 g/mol. The quantitative estimate of drug-likeness (QED) is 0.331.